The average molecular weight is 650 g/mol. The number of benzene rings is 2. The third-order valence-corrected chi connectivity index (χ3v) is 7.44. The molecule has 4 N–H and O–H groups in total. The van der Waals surface area contributed by atoms with Crippen LogP contribution in [0, 0.1) is 0 Å². The summed E-state index contributed by atoms with van der Waals surface area (Å²) in [6.07, 6.45) is 9.24. The molecule has 2 rings (SSSR count). The van der Waals surface area contributed by atoms with Crippen molar-refractivity contribution in [2.45, 2.75) is 71.0 Å². The van der Waals surface area contributed by atoms with E-state index in [2.05, 4.69) is 22.9 Å². The van der Waals surface area contributed by atoms with Gasteiger partial charge in [-0.2, -0.15) is 21.6 Å². The predicted molar refractivity (Wildman–Crippen MR) is 171 cm³/mol. The maximum absolute atomic E-state index is 13.4. The highest BCUT2D eigenvalue weighted by molar-refractivity contribution is 7.85. The van der Waals surface area contributed by atoms with Gasteiger partial charge >= 0.3 is 6.18 Å². The van der Waals surface area contributed by atoms with Gasteiger partial charge in [0.1, 0.15) is 6.04 Å². The molecular formula is C33H42F3N3O5S. The smallest absolute Gasteiger partial charge is 0.371 e. The molecule has 2 amide bonds. The zero-order valence-electron chi connectivity index (χ0n) is 25.7. The number of nitrogens with one attached hydrogen (secondary N) is 3. The highest BCUT2D eigenvalue weighted by Gasteiger charge is 2.30. The van der Waals surface area contributed by atoms with Crippen LogP contribution in [0.1, 0.15) is 80.3 Å². The van der Waals surface area contributed by atoms with Gasteiger partial charge in [0.25, 0.3) is 21.9 Å². The Bertz CT molecular complexity index is 1440. The van der Waals surface area contributed by atoms with Gasteiger partial charge in [0, 0.05) is 23.5 Å². The largest absolute Gasteiger partial charge is 0.416 e. The van der Waals surface area contributed by atoms with E-state index in [1.165, 1.54) is 24.3 Å². The number of unbranched alkanes of at least 4 members (excludes halogenated alkanes) is 3. The van der Waals surface area contributed by atoms with Crippen molar-refractivity contribution in [1.29, 1.82) is 0 Å². The van der Waals surface area contributed by atoms with E-state index in [9.17, 15) is 31.2 Å². The number of carbonyl (C=O) groups excluding carboxylic acids is 2. The number of halogens is 3. The number of anilines is 1. The Morgan fingerprint density at radius 1 is 0.978 bits per heavy atom. The normalized spacial score (nSPS) is 14.0. The molecule has 0 bridgehead atoms. The molecule has 45 heavy (non-hydrogen) atoms. The summed E-state index contributed by atoms with van der Waals surface area (Å²) in [6, 6.07) is 10.5. The second kappa shape index (κ2) is 18.2. The fraction of sp³-hybridized carbons (Fsp3) is 0.394. The van der Waals surface area contributed by atoms with E-state index in [1.54, 1.807) is 24.3 Å². The van der Waals surface area contributed by atoms with Crippen molar-refractivity contribution in [3.8, 4) is 0 Å². The lowest BCUT2D eigenvalue weighted by Crippen LogP contribution is -2.37. The number of allylic oxidation sites excluding steroid dienone is 4. The van der Waals surface area contributed by atoms with Crippen molar-refractivity contribution in [3.63, 3.8) is 0 Å². The first-order valence-corrected chi connectivity index (χ1v) is 16.5. The van der Waals surface area contributed by atoms with Gasteiger partial charge in [-0.1, -0.05) is 70.0 Å². The summed E-state index contributed by atoms with van der Waals surface area (Å²) in [6.45, 7) is 5.64. The van der Waals surface area contributed by atoms with E-state index in [-0.39, 0.29) is 23.9 Å². The quantitative estimate of drug-likeness (QED) is 0.0633. The van der Waals surface area contributed by atoms with Crippen molar-refractivity contribution < 1.29 is 35.7 Å². The number of amides is 2. The van der Waals surface area contributed by atoms with Crippen LogP contribution in [0.5, 0.6) is 0 Å². The molecule has 12 heteroatoms. The third-order valence-electron chi connectivity index (χ3n) is 6.72. The molecule has 0 aliphatic carbocycles. The maximum atomic E-state index is 13.4. The van der Waals surface area contributed by atoms with E-state index < -0.39 is 39.6 Å². The van der Waals surface area contributed by atoms with Crippen molar-refractivity contribution in [2.75, 3.05) is 17.6 Å². The number of hydrogen-bond donors (Lipinski definition) is 4. The van der Waals surface area contributed by atoms with Crippen LogP contribution in [-0.2, 0) is 21.1 Å². The highest BCUT2D eigenvalue weighted by atomic mass is 32.2. The molecule has 8 nitrogen and oxygen atoms in total. The molecule has 0 saturated heterocycles. The molecular weight excluding hydrogens is 607 g/mol. The minimum absolute atomic E-state index is 0.208. The Morgan fingerprint density at radius 2 is 1.64 bits per heavy atom. The first-order valence-electron chi connectivity index (χ1n) is 14.9. The average Bonchev–Trinajstić information content (AvgIpc) is 2.98. The van der Waals surface area contributed by atoms with Gasteiger partial charge in [-0.05, 0) is 73.2 Å². The van der Waals surface area contributed by atoms with Crippen LogP contribution >= 0.6 is 0 Å². The molecule has 0 aliphatic rings. The van der Waals surface area contributed by atoms with Crippen LogP contribution in [0.3, 0.4) is 0 Å². The number of alkyl halides is 3. The monoisotopic (exact) mass is 649 g/mol. The summed E-state index contributed by atoms with van der Waals surface area (Å²) in [5.74, 6) is -1.65. The summed E-state index contributed by atoms with van der Waals surface area (Å²) < 4.78 is 69.3. The topological polar surface area (TPSA) is 125 Å². The summed E-state index contributed by atoms with van der Waals surface area (Å²) in [4.78, 5) is 25.7. The summed E-state index contributed by atoms with van der Waals surface area (Å²) in [5, 5.41) is 8.52. The van der Waals surface area contributed by atoms with E-state index >= 15 is 0 Å². The van der Waals surface area contributed by atoms with Gasteiger partial charge in [-0.15, -0.1) is 0 Å². The van der Waals surface area contributed by atoms with Crippen molar-refractivity contribution in [3.05, 3.63) is 101 Å². The van der Waals surface area contributed by atoms with Crippen LogP contribution in [0.2, 0.25) is 0 Å². The van der Waals surface area contributed by atoms with Gasteiger partial charge in [-0.25, -0.2) is 0 Å². The number of rotatable bonds is 17. The van der Waals surface area contributed by atoms with Crippen molar-refractivity contribution in [2.24, 2.45) is 0 Å². The molecule has 2 atom stereocenters. The van der Waals surface area contributed by atoms with Crippen LogP contribution in [-0.4, -0.2) is 43.1 Å². The molecule has 0 spiro atoms. The van der Waals surface area contributed by atoms with Gasteiger partial charge in [0.05, 0.1) is 11.3 Å². The molecule has 0 heterocycles. The lowest BCUT2D eigenvalue weighted by Gasteiger charge is -2.18. The standard InChI is InChI=1S/C33H42F3N3O5S/c1-4-6-7-8-9-11-30(38-29-20-15-26(16-21-29)31(40)37-22-23-45(42,43)44)32(41)39-28(10-5-2)19-12-24(3)25-13-17-27(18-14-25)33(34,35)36/h9-21,24,30,38H,4-8,22-23H2,1-3H3,(H,37,40)(H,39,41)(H,42,43,44)/b11-9+,19-12-,28-10+/t24-,30?/m1/s1. The minimum atomic E-state index is -4.40. The van der Waals surface area contributed by atoms with Crippen LogP contribution in [0.4, 0.5) is 18.9 Å². The lowest BCUT2D eigenvalue weighted by atomic mass is 9.99. The second-order valence-electron chi connectivity index (χ2n) is 10.5. The SMILES string of the molecule is CC/C=C(\C=C/[C@@H](C)c1ccc(C(F)(F)F)cc1)NC(=O)C(/C=C/CCCCC)Nc1ccc(C(=O)NCCS(=O)(=O)O)cc1. The molecule has 2 aromatic carbocycles. The zero-order chi connectivity index (χ0) is 33.5. The number of hydrogen-bond acceptors (Lipinski definition) is 5. The molecule has 246 valence electrons. The Balaban J connectivity index is 2.15. The Kier molecular flexibility index (Phi) is 15.0. The molecule has 0 saturated carbocycles. The van der Waals surface area contributed by atoms with E-state index in [0.29, 0.717) is 23.4 Å². The Labute approximate surface area is 263 Å². The molecule has 0 aromatic heterocycles. The Morgan fingerprint density at radius 3 is 2.22 bits per heavy atom. The highest BCUT2D eigenvalue weighted by Crippen LogP contribution is 2.30. The lowest BCUT2D eigenvalue weighted by molar-refractivity contribution is -0.137. The summed E-state index contributed by atoms with van der Waals surface area (Å²) in [5.41, 5.74) is 1.37. The van der Waals surface area contributed by atoms with Gasteiger partial charge < -0.3 is 16.0 Å². The van der Waals surface area contributed by atoms with Gasteiger partial charge in [0.15, 0.2) is 0 Å². The van der Waals surface area contributed by atoms with Crippen LogP contribution in [0.15, 0.2) is 84.6 Å². The molecule has 0 radical (unpaired) electrons. The summed E-state index contributed by atoms with van der Waals surface area (Å²) in [7, 11) is -4.19. The molecule has 1 unspecified atom stereocenters. The molecule has 2 aromatic rings. The van der Waals surface area contributed by atoms with Crippen molar-refractivity contribution >= 4 is 27.6 Å². The maximum Gasteiger partial charge on any atom is 0.416 e. The number of carbonyl (C=O) groups is 2. The molecule has 0 aliphatic heterocycles. The van der Waals surface area contributed by atoms with Crippen molar-refractivity contribution in [1.82, 2.24) is 10.6 Å². The first-order chi connectivity index (χ1) is 21.2. The van der Waals surface area contributed by atoms with Crippen LogP contribution < -0.4 is 16.0 Å². The van der Waals surface area contributed by atoms with E-state index in [4.69, 9.17) is 4.55 Å². The first kappa shape index (κ1) is 37.3. The van der Waals surface area contributed by atoms with Gasteiger partial charge in [-0.3, -0.25) is 14.1 Å². The van der Waals surface area contributed by atoms with Crippen LogP contribution in [0.25, 0.3) is 0 Å². The minimum Gasteiger partial charge on any atom is -0.371 e. The fourth-order valence-corrected chi connectivity index (χ4v) is 4.53. The van der Waals surface area contributed by atoms with E-state index in [0.717, 1.165) is 37.8 Å². The second-order valence-corrected chi connectivity index (χ2v) is 12.1. The fourth-order valence-electron chi connectivity index (χ4n) is 4.17. The third kappa shape index (κ3) is 14.2. The van der Waals surface area contributed by atoms with E-state index in [1.807, 2.05) is 32.1 Å². The summed E-state index contributed by atoms with van der Waals surface area (Å²) >= 11 is 0. The predicted octanol–water partition coefficient (Wildman–Crippen LogP) is 7.01. The Hall–Kier alpha value is -3.90. The van der Waals surface area contributed by atoms with Gasteiger partial charge in [0.2, 0.25) is 0 Å². The zero-order valence-corrected chi connectivity index (χ0v) is 26.5. The molecule has 0 fully saturated rings.